The molecule has 1 atom stereocenters. The molecule has 1 aliphatic carbocycles. The number of nitrogens with zero attached hydrogens (tertiary/aromatic N) is 2. The molecular weight excluding hydrogens is 460 g/mol. The van der Waals surface area contributed by atoms with Crippen molar-refractivity contribution in [1.82, 2.24) is 15.3 Å². The molecule has 0 bridgehead atoms. The number of carbonyl (C=O) groups excluding carboxylic acids is 3. The third-order valence-electron chi connectivity index (χ3n) is 5.91. The normalized spacial score (nSPS) is 14.9. The monoisotopic (exact) mass is 482 g/mol. The maximum atomic E-state index is 13.3. The van der Waals surface area contributed by atoms with E-state index < -0.39 is 5.92 Å². The lowest BCUT2D eigenvalue weighted by molar-refractivity contribution is -0.125. The van der Waals surface area contributed by atoms with Gasteiger partial charge in [-0.05, 0) is 23.3 Å². The number of rotatable bonds is 6. The van der Waals surface area contributed by atoms with E-state index in [2.05, 4.69) is 20.6 Å². The Morgan fingerprint density at radius 2 is 1.51 bits per heavy atom. The van der Waals surface area contributed by atoms with Gasteiger partial charge in [0, 0.05) is 30.8 Å². The highest BCUT2D eigenvalue weighted by atomic mass is 32.1. The Bertz CT molecular complexity index is 1320. The maximum Gasteiger partial charge on any atom is 0.257 e. The van der Waals surface area contributed by atoms with Crippen molar-refractivity contribution in [2.45, 2.75) is 18.9 Å². The van der Waals surface area contributed by atoms with Gasteiger partial charge in [0.25, 0.3) is 5.91 Å². The minimum Gasteiger partial charge on any atom is -0.345 e. The van der Waals surface area contributed by atoms with Crippen molar-refractivity contribution in [2.75, 3.05) is 5.32 Å². The number of anilines is 1. The number of hydrogen-bond donors (Lipinski definition) is 2. The van der Waals surface area contributed by atoms with Crippen LogP contribution in [0.25, 0.3) is 0 Å². The van der Waals surface area contributed by atoms with Crippen LogP contribution in [0.4, 0.5) is 5.13 Å². The third kappa shape index (κ3) is 5.02. The summed E-state index contributed by atoms with van der Waals surface area (Å²) in [4.78, 5) is 47.5. The van der Waals surface area contributed by atoms with Crippen molar-refractivity contribution in [1.29, 1.82) is 0 Å². The van der Waals surface area contributed by atoms with E-state index in [0.29, 0.717) is 27.7 Å². The fraction of sp³-hybridized carbons (Fsp3) is 0.148. The summed E-state index contributed by atoms with van der Waals surface area (Å²) in [6, 6.07) is 22.4. The molecule has 2 N–H and O–H groups in total. The summed E-state index contributed by atoms with van der Waals surface area (Å²) < 4.78 is 0. The number of pyridine rings is 1. The molecule has 7 nitrogen and oxygen atoms in total. The first kappa shape index (κ1) is 22.6. The standard InChI is InChI=1S/C27H22N4O3S/c32-22-16-20(15-21-24(22)35-27(29-21)31-25(33)19-11-13-28-14-12-19)26(34)30-23(17-7-3-1-4-8-17)18-9-5-2-6-10-18/h1-14,20,23H,15-16H2,(H,30,34)(H,29,31,33). The lowest BCUT2D eigenvalue weighted by atomic mass is 9.88. The quantitative estimate of drug-likeness (QED) is 0.423. The van der Waals surface area contributed by atoms with Gasteiger partial charge in [0.1, 0.15) is 0 Å². The van der Waals surface area contributed by atoms with Gasteiger partial charge in [0.15, 0.2) is 10.9 Å². The molecule has 174 valence electrons. The second-order valence-electron chi connectivity index (χ2n) is 8.28. The van der Waals surface area contributed by atoms with Crippen molar-refractivity contribution in [2.24, 2.45) is 5.92 Å². The number of fused-ring (bicyclic) bond motifs is 1. The number of Topliss-reactive ketones (excluding diaryl/α,β-unsaturated/α-hetero) is 1. The van der Waals surface area contributed by atoms with Gasteiger partial charge in [-0.15, -0.1) is 0 Å². The Morgan fingerprint density at radius 3 is 2.14 bits per heavy atom. The lowest BCUT2D eigenvalue weighted by Crippen LogP contribution is -2.38. The van der Waals surface area contributed by atoms with Crippen LogP contribution < -0.4 is 10.6 Å². The van der Waals surface area contributed by atoms with E-state index in [1.807, 2.05) is 60.7 Å². The van der Waals surface area contributed by atoms with Crippen molar-refractivity contribution in [3.63, 3.8) is 0 Å². The number of hydrogen-bond acceptors (Lipinski definition) is 6. The fourth-order valence-electron chi connectivity index (χ4n) is 4.15. The van der Waals surface area contributed by atoms with Gasteiger partial charge in [0.05, 0.1) is 22.5 Å². The first-order valence-corrected chi connectivity index (χ1v) is 12.0. The van der Waals surface area contributed by atoms with Gasteiger partial charge in [-0.3, -0.25) is 24.7 Å². The van der Waals surface area contributed by atoms with E-state index in [4.69, 9.17) is 0 Å². The van der Waals surface area contributed by atoms with Crippen LogP contribution in [0, 0.1) is 5.92 Å². The van der Waals surface area contributed by atoms with Gasteiger partial charge in [-0.25, -0.2) is 4.98 Å². The first-order chi connectivity index (χ1) is 17.1. The van der Waals surface area contributed by atoms with E-state index in [9.17, 15) is 14.4 Å². The summed E-state index contributed by atoms with van der Waals surface area (Å²) in [6.07, 6.45) is 3.51. The van der Waals surface area contributed by atoms with Crippen molar-refractivity contribution in [3.05, 3.63) is 112 Å². The predicted molar refractivity (Wildman–Crippen MR) is 133 cm³/mol. The van der Waals surface area contributed by atoms with Gasteiger partial charge < -0.3 is 5.32 Å². The van der Waals surface area contributed by atoms with Crippen LogP contribution in [0.3, 0.4) is 0 Å². The van der Waals surface area contributed by atoms with Crippen LogP contribution in [-0.2, 0) is 11.2 Å². The van der Waals surface area contributed by atoms with Crippen LogP contribution in [0.2, 0.25) is 0 Å². The van der Waals surface area contributed by atoms with Crippen molar-refractivity contribution >= 4 is 34.1 Å². The SMILES string of the molecule is O=C(Nc1nc2c(s1)C(=O)CC(C(=O)NC(c1ccccc1)c1ccccc1)C2)c1ccncc1. The minimum absolute atomic E-state index is 0.106. The Morgan fingerprint density at radius 1 is 0.886 bits per heavy atom. The molecule has 2 heterocycles. The molecule has 0 spiro atoms. The molecule has 5 rings (SSSR count). The summed E-state index contributed by atoms with van der Waals surface area (Å²) >= 11 is 1.15. The summed E-state index contributed by atoms with van der Waals surface area (Å²) in [7, 11) is 0. The lowest BCUT2D eigenvalue weighted by Gasteiger charge is -2.25. The molecule has 0 fully saturated rings. The first-order valence-electron chi connectivity index (χ1n) is 11.2. The molecule has 1 aliphatic rings. The molecule has 0 aliphatic heterocycles. The highest BCUT2D eigenvalue weighted by molar-refractivity contribution is 7.17. The minimum atomic E-state index is -0.532. The van der Waals surface area contributed by atoms with Gasteiger partial charge in [0.2, 0.25) is 5.91 Å². The number of thiazole rings is 1. The molecule has 0 saturated carbocycles. The van der Waals surface area contributed by atoms with Crippen molar-refractivity contribution < 1.29 is 14.4 Å². The maximum absolute atomic E-state index is 13.3. The zero-order valence-corrected chi connectivity index (χ0v) is 19.5. The van der Waals surface area contributed by atoms with E-state index >= 15 is 0 Å². The molecule has 2 amide bonds. The van der Waals surface area contributed by atoms with Gasteiger partial charge >= 0.3 is 0 Å². The molecule has 1 unspecified atom stereocenters. The number of amides is 2. The molecule has 2 aromatic heterocycles. The summed E-state index contributed by atoms with van der Waals surface area (Å²) in [5.41, 5.74) is 2.92. The average Bonchev–Trinajstić information content (AvgIpc) is 3.31. The Hall–Kier alpha value is -4.17. The molecule has 8 heteroatoms. The predicted octanol–water partition coefficient (Wildman–Crippen LogP) is 4.44. The second kappa shape index (κ2) is 9.99. The molecule has 2 aromatic carbocycles. The van der Waals surface area contributed by atoms with Crippen LogP contribution in [-0.4, -0.2) is 27.6 Å². The van der Waals surface area contributed by atoms with Crippen LogP contribution in [0.15, 0.2) is 85.2 Å². The molecule has 0 radical (unpaired) electrons. The molecule has 0 saturated heterocycles. The Balaban J connectivity index is 1.33. The van der Waals surface area contributed by atoms with Gasteiger partial charge in [-0.2, -0.15) is 0 Å². The second-order valence-corrected chi connectivity index (χ2v) is 9.28. The number of ketones is 1. The van der Waals surface area contributed by atoms with Crippen LogP contribution >= 0.6 is 11.3 Å². The van der Waals surface area contributed by atoms with Crippen molar-refractivity contribution in [3.8, 4) is 0 Å². The van der Waals surface area contributed by atoms with E-state index in [1.54, 1.807) is 12.1 Å². The fourth-order valence-corrected chi connectivity index (χ4v) is 5.09. The smallest absolute Gasteiger partial charge is 0.257 e. The summed E-state index contributed by atoms with van der Waals surface area (Å²) in [5.74, 6) is -1.19. The number of benzene rings is 2. The molecule has 35 heavy (non-hydrogen) atoms. The Kier molecular flexibility index (Phi) is 6.45. The molecular formula is C27H22N4O3S. The topological polar surface area (TPSA) is 101 Å². The zero-order valence-electron chi connectivity index (χ0n) is 18.7. The van der Waals surface area contributed by atoms with Gasteiger partial charge in [-0.1, -0.05) is 72.0 Å². The number of carbonyl (C=O) groups is 3. The Labute approximate surface area is 206 Å². The van der Waals surface area contributed by atoms with E-state index in [1.165, 1.54) is 12.4 Å². The number of aromatic nitrogens is 2. The van der Waals surface area contributed by atoms with E-state index in [-0.39, 0.29) is 30.1 Å². The highest BCUT2D eigenvalue weighted by Gasteiger charge is 2.34. The van der Waals surface area contributed by atoms with Crippen LogP contribution in [0.1, 0.15) is 49.3 Å². The third-order valence-corrected chi connectivity index (χ3v) is 6.96. The van der Waals surface area contributed by atoms with E-state index in [0.717, 1.165) is 22.5 Å². The molecule has 4 aromatic rings. The summed E-state index contributed by atoms with van der Waals surface area (Å²) in [5, 5.41) is 6.23. The average molecular weight is 483 g/mol. The highest BCUT2D eigenvalue weighted by Crippen LogP contribution is 2.33. The number of nitrogens with one attached hydrogen (secondary N) is 2. The van der Waals surface area contributed by atoms with Crippen LogP contribution in [0.5, 0.6) is 0 Å². The summed E-state index contributed by atoms with van der Waals surface area (Å²) in [6.45, 7) is 0. The largest absolute Gasteiger partial charge is 0.345 e. The zero-order chi connectivity index (χ0) is 24.2.